The molecule has 0 fully saturated rings. The highest BCUT2D eigenvalue weighted by molar-refractivity contribution is 7.47. The summed E-state index contributed by atoms with van der Waals surface area (Å²) in [7, 11) is -10.0. The first-order valence-corrected chi connectivity index (χ1v) is 39.7. The molecular formula is C81H126O17P2. The van der Waals surface area contributed by atoms with Crippen LogP contribution in [0.4, 0.5) is 0 Å². The van der Waals surface area contributed by atoms with Gasteiger partial charge >= 0.3 is 39.5 Å². The molecule has 0 aliphatic carbocycles. The zero-order chi connectivity index (χ0) is 73.2. The van der Waals surface area contributed by atoms with E-state index < -0.39 is 97.5 Å². The summed E-state index contributed by atoms with van der Waals surface area (Å²) in [5, 5.41) is 10.6. The maximum absolute atomic E-state index is 13.1. The molecule has 0 aliphatic heterocycles. The lowest BCUT2D eigenvalue weighted by atomic mass is 10.1. The Kier molecular flexibility index (Phi) is 67.0. The number of aliphatic hydroxyl groups excluding tert-OH is 1. The molecule has 0 aromatic heterocycles. The summed E-state index contributed by atoms with van der Waals surface area (Å²) in [4.78, 5) is 72.7. The maximum atomic E-state index is 13.1. The van der Waals surface area contributed by atoms with Gasteiger partial charge in [-0.1, -0.05) is 248 Å². The SMILES string of the molecule is CC/C=C\C/C=C\C/C=C\C/C=C\C/C=C\CCCC(=O)OCC(COP(=O)(O)OCC(O)COP(=O)(O)OCC(COC(=O)CCCC/C=C\C/C=C\C/C=C\C/C=C\CC)OC(=O)CCCCCCC/C=C\C/C=C\CCC)OC(=O)C/C=C\C/C=C\C/C=C\C/C=C\C/C=C\CC. The molecule has 0 rings (SSSR count). The number of hydrogen-bond donors (Lipinski definition) is 3. The number of carbonyl (C=O) groups is 4. The number of hydrogen-bond acceptors (Lipinski definition) is 15. The number of carbonyl (C=O) groups excluding carboxylic acids is 4. The monoisotopic (exact) mass is 1430 g/mol. The van der Waals surface area contributed by atoms with Crippen molar-refractivity contribution in [3.05, 3.63) is 194 Å². The van der Waals surface area contributed by atoms with Crippen molar-refractivity contribution in [2.45, 2.75) is 251 Å². The Morgan fingerprint density at radius 1 is 0.300 bits per heavy atom. The van der Waals surface area contributed by atoms with E-state index in [-0.39, 0.29) is 25.7 Å². The number of phosphoric ester groups is 2. The van der Waals surface area contributed by atoms with Gasteiger partial charge in [-0.3, -0.25) is 37.3 Å². The van der Waals surface area contributed by atoms with Crippen LogP contribution in [-0.4, -0.2) is 96.7 Å². The van der Waals surface area contributed by atoms with Gasteiger partial charge in [0.05, 0.1) is 32.8 Å². The molecule has 19 heteroatoms. The zero-order valence-electron chi connectivity index (χ0n) is 61.0. The maximum Gasteiger partial charge on any atom is 0.472 e. The largest absolute Gasteiger partial charge is 0.472 e. The van der Waals surface area contributed by atoms with Gasteiger partial charge in [0, 0.05) is 19.3 Å². The number of unbranched alkanes of at least 4 members (excludes halogenated alkanes) is 9. The van der Waals surface area contributed by atoms with Crippen molar-refractivity contribution < 1.29 is 80.2 Å². The molecule has 0 saturated heterocycles. The molecule has 0 saturated carbocycles. The van der Waals surface area contributed by atoms with Crippen molar-refractivity contribution in [3.63, 3.8) is 0 Å². The zero-order valence-corrected chi connectivity index (χ0v) is 62.8. The van der Waals surface area contributed by atoms with E-state index in [1.54, 1.807) is 12.2 Å². The van der Waals surface area contributed by atoms with Crippen LogP contribution in [0.1, 0.15) is 233 Å². The first-order valence-electron chi connectivity index (χ1n) is 36.7. The van der Waals surface area contributed by atoms with Gasteiger partial charge in [-0.15, -0.1) is 0 Å². The van der Waals surface area contributed by atoms with Crippen LogP contribution < -0.4 is 0 Å². The van der Waals surface area contributed by atoms with Crippen LogP contribution in [0.15, 0.2) is 194 Å². The standard InChI is InChI=1S/C81H126O17P2/c1-5-9-13-17-21-25-29-33-36-37-40-43-46-50-54-58-62-66-79(84)92-72-77(98-81(86)68-64-60-56-52-48-44-39-35-31-27-23-19-15-11-7-3)74-96-100(89,90)94-70-75(82)69-93-99(87,88)95-73-76(97-80(85)67-63-59-55-51-47-41-32-28-24-20-16-12-8-4)71-91-78(83)65-61-57-53-49-45-42-38-34-30-26-22-18-14-10-6-2/h9-11,13-16,20-23,25-28,32-36,38-40,43,45,48-50,52,54,60,64,75-77,82H,5-8,12,17-19,24,29-31,37,41-42,44,46-47,51,53,55-59,61-63,65-74H2,1-4H3,(H,87,88)(H,89,90)/b13-9-,14-10-,15-11-,20-16-,25-21-,26-22-,27-23-,32-28-,36-33-,38-34-,39-35-,43-40-,49-45-,52-48-,54-50-,64-60-. The minimum absolute atomic E-state index is 0.0544. The van der Waals surface area contributed by atoms with Crippen LogP contribution in [0.25, 0.3) is 0 Å². The van der Waals surface area contributed by atoms with Crippen molar-refractivity contribution >= 4 is 39.5 Å². The van der Waals surface area contributed by atoms with Crippen molar-refractivity contribution in [1.29, 1.82) is 0 Å². The highest BCUT2D eigenvalue weighted by Gasteiger charge is 2.30. The molecule has 0 aromatic carbocycles. The Morgan fingerprint density at radius 3 is 0.950 bits per heavy atom. The third-order valence-corrected chi connectivity index (χ3v) is 16.0. The molecule has 0 radical (unpaired) electrons. The Bertz CT molecular complexity index is 2670. The van der Waals surface area contributed by atoms with Gasteiger partial charge in [-0.25, -0.2) is 9.13 Å². The first kappa shape index (κ1) is 93.9. The Hall–Kier alpha value is -6.10. The Labute approximate surface area is 602 Å². The summed E-state index contributed by atoms with van der Waals surface area (Å²) in [5.41, 5.74) is 0. The van der Waals surface area contributed by atoms with Crippen LogP contribution >= 0.6 is 15.6 Å². The number of rotatable bonds is 66. The van der Waals surface area contributed by atoms with Crippen LogP contribution in [0.2, 0.25) is 0 Å². The molecule has 17 nitrogen and oxygen atoms in total. The van der Waals surface area contributed by atoms with Crippen molar-refractivity contribution in [1.82, 2.24) is 0 Å². The van der Waals surface area contributed by atoms with Gasteiger partial charge in [0.25, 0.3) is 0 Å². The van der Waals surface area contributed by atoms with E-state index in [4.69, 9.17) is 37.0 Å². The predicted octanol–water partition coefficient (Wildman–Crippen LogP) is 21.0. The molecule has 5 unspecified atom stereocenters. The number of phosphoric acid groups is 2. The molecule has 0 aromatic rings. The molecule has 0 aliphatic rings. The van der Waals surface area contributed by atoms with Crippen molar-refractivity contribution in [2.24, 2.45) is 0 Å². The minimum Gasteiger partial charge on any atom is -0.462 e. The first-order chi connectivity index (χ1) is 48.7. The summed E-state index contributed by atoms with van der Waals surface area (Å²) in [6.07, 6.45) is 86.2. The number of aliphatic hydroxyl groups is 1. The summed E-state index contributed by atoms with van der Waals surface area (Å²) in [6.45, 7) is 4.15. The summed E-state index contributed by atoms with van der Waals surface area (Å²) in [6, 6.07) is 0. The summed E-state index contributed by atoms with van der Waals surface area (Å²) < 4.78 is 68.1. The smallest absolute Gasteiger partial charge is 0.462 e. The number of allylic oxidation sites excluding steroid dienone is 31. The second-order valence-electron chi connectivity index (χ2n) is 23.4. The topological polar surface area (TPSA) is 237 Å². The molecule has 5 atom stereocenters. The van der Waals surface area contributed by atoms with Gasteiger partial charge in [-0.2, -0.15) is 0 Å². The van der Waals surface area contributed by atoms with E-state index in [2.05, 4.69) is 186 Å². The van der Waals surface area contributed by atoms with Crippen molar-refractivity contribution in [3.8, 4) is 0 Å². The van der Waals surface area contributed by atoms with Gasteiger partial charge in [0.2, 0.25) is 0 Å². The van der Waals surface area contributed by atoms with E-state index in [0.717, 1.165) is 148 Å². The molecule has 0 amide bonds. The lowest BCUT2D eigenvalue weighted by Gasteiger charge is -2.21. The second kappa shape index (κ2) is 71.3. The van der Waals surface area contributed by atoms with E-state index >= 15 is 0 Å². The minimum atomic E-state index is -5.02. The van der Waals surface area contributed by atoms with Crippen LogP contribution in [0.3, 0.4) is 0 Å². The van der Waals surface area contributed by atoms with E-state index in [1.165, 1.54) is 0 Å². The van der Waals surface area contributed by atoms with Gasteiger partial charge in [0.15, 0.2) is 12.2 Å². The number of esters is 4. The molecule has 562 valence electrons. The second-order valence-corrected chi connectivity index (χ2v) is 26.3. The molecule has 0 bridgehead atoms. The van der Waals surface area contributed by atoms with Crippen molar-refractivity contribution in [2.75, 3.05) is 39.6 Å². The predicted molar refractivity (Wildman–Crippen MR) is 408 cm³/mol. The molecule has 0 spiro atoms. The Balaban J connectivity index is 5.54. The van der Waals surface area contributed by atoms with E-state index in [9.17, 15) is 43.2 Å². The highest BCUT2D eigenvalue weighted by Crippen LogP contribution is 2.45. The van der Waals surface area contributed by atoms with Crippen LogP contribution in [0.5, 0.6) is 0 Å². The van der Waals surface area contributed by atoms with Crippen LogP contribution in [0, 0.1) is 0 Å². The van der Waals surface area contributed by atoms with E-state index in [0.29, 0.717) is 32.1 Å². The van der Waals surface area contributed by atoms with E-state index in [1.807, 2.05) is 24.3 Å². The number of ether oxygens (including phenoxy) is 4. The summed E-state index contributed by atoms with van der Waals surface area (Å²) >= 11 is 0. The van der Waals surface area contributed by atoms with Gasteiger partial charge < -0.3 is 33.8 Å². The molecule has 3 N–H and O–H groups in total. The van der Waals surface area contributed by atoms with Crippen LogP contribution in [-0.2, 0) is 65.4 Å². The fourth-order valence-electron chi connectivity index (χ4n) is 8.59. The third kappa shape index (κ3) is 70.3. The molecule has 0 heterocycles. The fraction of sp³-hybridized carbons (Fsp3) is 0.556. The quantitative estimate of drug-likeness (QED) is 0.0169. The average molecular weight is 1430 g/mol. The summed E-state index contributed by atoms with van der Waals surface area (Å²) in [5.74, 6) is -2.49. The average Bonchev–Trinajstić information content (AvgIpc) is 1.06. The van der Waals surface area contributed by atoms with Gasteiger partial charge in [-0.05, 0) is 154 Å². The fourth-order valence-corrected chi connectivity index (χ4v) is 10.2. The highest BCUT2D eigenvalue weighted by atomic mass is 31.2. The molecular weight excluding hydrogens is 1310 g/mol. The lowest BCUT2D eigenvalue weighted by Crippen LogP contribution is -2.30. The Morgan fingerprint density at radius 2 is 0.570 bits per heavy atom. The lowest BCUT2D eigenvalue weighted by molar-refractivity contribution is -0.161. The third-order valence-electron chi connectivity index (χ3n) is 14.0. The normalized spacial score (nSPS) is 15.1. The van der Waals surface area contributed by atoms with Gasteiger partial charge in [0.1, 0.15) is 19.3 Å². The molecule has 100 heavy (non-hydrogen) atoms.